The molecule has 168 valence electrons. The topological polar surface area (TPSA) is 94.6 Å². The highest BCUT2D eigenvalue weighted by Crippen LogP contribution is 2.18. The van der Waals surface area contributed by atoms with Gasteiger partial charge in [0.25, 0.3) is 5.91 Å². The number of hydrogen-bond acceptors (Lipinski definition) is 6. The standard InChI is InChI=1S/C22H31N5O3S/c1-26(31(2,29)30)15-12-24-21-16-19(8-11-23-21)22(28)25-10-5-13-27-14-9-18-6-3-4-7-20(18)17-27/h3-4,6-8,11,16H,5,9-10,12-15,17H2,1-2H3,(H,23,24)(H,25,28). The van der Waals surface area contributed by atoms with E-state index in [1.54, 1.807) is 18.3 Å². The second-order valence-electron chi connectivity index (χ2n) is 7.85. The molecule has 1 aliphatic heterocycles. The van der Waals surface area contributed by atoms with Crippen molar-refractivity contribution in [1.82, 2.24) is 19.5 Å². The molecule has 1 aromatic carbocycles. The molecular formula is C22H31N5O3S. The first-order valence-electron chi connectivity index (χ1n) is 10.5. The fourth-order valence-electron chi connectivity index (χ4n) is 3.53. The number of nitrogens with one attached hydrogen (secondary N) is 2. The van der Waals surface area contributed by atoms with Gasteiger partial charge >= 0.3 is 0 Å². The molecule has 2 aromatic rings. The molecule has 1 aromatic heterocycles. The Morgan fingerprint density at radius 2 is 1.97 bits per heavy atom. The van der Waals surface area contributed by atoms with Crippen molar-refractivity contribution in [2.24, 2.45) is 0 Å². The Balaban J connectivity index is 1.39. The molecular weight excluding hydrogens is 414 g/mol. The number of benzene rings is 1. The van der Waals surface area contributed by atoms with E-state index in [1.807, 2.05) is 0 Å². The molecule has 8 nitrogen and oxygen atoms in total. The molecule has 1 aliphatic rings. The third kappa shape index (κ3) is 7.02. The Hall–Kier alpha value is -2.49. The summed E-state index contributed by atoms with van der Waals surface area (Å²) >= 11 is 0. The number of likely N-dealkylation sites (N-methyl/N-ethyl adjacent to an activating group) is 1. The molecule has 0 unspecified atom stereocenters. The molecule has 0 saturated heterocycles. The van der Waals surface area contributed by atoms with Gasteiger partial charge in [0.2, 0.25) is 10.0 Å². The van der Waals surface area contributed by atoms with Crippen LogP contribution >= 0.6 is 0 Å². The van der Waals surface area contributed by atoms with Crippen LogP contribution in [-0.2, 0) is 23.0 Å². The normalized spacial score (nSPS) is 14.3. The van der Waals surface area contributed by atoms with Gasteiger partial charge in [-0.15, -0.1) is 0 Å². The lowest BCUT2D eigenvalue weighted by atomic mass is 10.00. The number of anilines is 1. The highest BCUT2D eigenvalue weighted by atomic mass is 32.2. The van der Waals surface area contributed by atoms with Gasteiger partial charge in [0.05, 0.1) is 6.26 Å². The lowest BCUT2D eigenvalue weighted by Gasteiger charge is -2.28. The quantitative estimate of drug-likeness (QED) is 0.539. The zero-order valence-corrected chi connectivity index (χ0v) is 19.0. The van der Waals surface area contributed by atoms with Crippen LogP contribution < -0.4 is 10.6 Å². The highest BCUT2D eigenvalue weighted by molar-refractivity contribution is 7.88. The fourth-order valence-corrected chi connectivity index (χ4v) is 3.95. The van der Waals surface area contributed by atoms with E-state index in [-0.39, 0.29) is 5.91 Å². The number of nitrogens with zero attached hydrogens (tertiary/aromatic N) is 3. The highest BCUT2D eigenvalue weighted by Gasteiger charge is 2.15. The van der Waals surface area contributed by atoms with Crippen LogP contribution in [-0.4, -0.2) is 74.5 Å². The molecule has 2 heterocycles. The zero-order chi connectivity index (χ0) is 22.3. The summed E-state index contributed by atoms with van der Waals surface area (Å²) in [6.45, 7) is 4.31. The smallest absolute Gasteiger partial charge is 0.251 e. The summed E-state index contributed by atoms with van der Waals surface area (Å²) in [7, 11) is -1.68. The van der Waals surface area contributed by atoms with Crippen LogP contribution in [0.2, 0.25) is 0 Å². The Morgan fingerprint density at radius 3 is 2.74 bits per heavy atom. The lowest BCUT2D eigenvalue weighted by Crippen LogP contribution is -2.33. The van der Waals surface area contributed by atoms with E-state index in [1.165, 1.54) is 28.7 Å². The Bertz CT molecular complexity index is 996. The number of carbonyl (C=O) groups is 1. The summed E-state index contributed by atoms with van der Waals surface area (Å²) in [6.07, 6.45) is 4.71. The minimum absolute atomic E-state index is 0.136. The first kappa shape index (κ1) is 23.2. The molecule has 31 heavy (non-hydrogen) atoms. The number of amides is 1. The molecule has 0 spiro atoms. The number of sulfonamides is 1. The summed E-state index contributed by atoms with van der Waals surface area (Å²) in [4.78, 5) is 19.1. The Kier molecular flexibility index (Phi) is 8.00. The van der Waals surface area contributed by atoms with Crippen LogP contribution in [0.15, 0.2) is 42.6 Å². The lowest BCUT2D eigenvalue weighted by molar-refractivity contribution is 0.0951. The number of rotatable bonds is 10. The van der Waals surface area contributed by atoms with E-state index in [0.717, 1.165) is 32.5 Å². The Labute approximate surface area is 184 Å². The SMILES string of the molecule is CN(CCNc1cc(C(=O)NCCCN2CCc3ccccc3C2)ccn1)S(C)(=O)=O. The van der Waals surface area contributed by atoms with Gasteiger partial charge in [0.15, 0.2) is 0 Å². The van der Waals surface area contributed by atoms with Crippen molar-refractivity contribution in [3.63, 3.8) is 0 Å². The van der Waals surface area contributed by atoms with Crippen molar-refractivity contribution in [3.05, 3.63) is 59.3 Å². The first-order chi connectivity index (χ1) is 14.8. The van der Waals surface area contributed by atoms with Gasteiger partial charge in [-0.1, -0.05) is 24.3 Å². The molecule has 0 saturated carbocycles. The second-order valence-corrected chi connectivity index (χ2v) is 9.93. The van der Waals surface area contributed by atoms with Gasteiger partial charge in [-0.25, -0.2) is 17.7 Å². The first-order valence-corrected chi connectivity index (χ1v) is 12.4. The van der Waals surface area contributed by atoms with Crippen molar-refractivity contribution in [1.29, 1.82) is 0 Å². The number of aromatic nitrogens is 1. The predicted octanol–water partition coefficient (Wildman–Crippen LogP) is 1.56. The third-order valence-corrected chi connectivity index (χ3v) is 6.78. The maximum Gasteiger partial charge on any atom is 0.251 e. The summed E-state index contributed by atoms with van der Waals surface area (Å²) in [5.74, 6) is 0.407. The van der Waals surface area contributed by atoms with Crippen molar-refractivity contribution < 1.29 is 13.2 Å². The molecule has 0 bridgehead atoms. The van der Waals surface area contributed by atoms with Crippen molar-refractivity contribution in [2.45, 2.75) is 19.4 Å². The zero-order valence-electron chi connectivity index (χ0n) is 18.2. The van der Waals surface area contributed by atoms with Gasteiger partial charge in [0.1, 0.15) is 5.82 Å². The van der Waals surface area contributed by atoms with E-state index >= 15 is 0 Å². The average molecular weight is 446 g/mol. The van der Waals surface area contributed by atoms with Crippen LogP contribution in [0.25, 0.3) is 0 Å². The largest absolute Gasteiger partial charge is 0.369 e. The van der Waals surface area contributed by atoms with E-state index in [9.17, 15) is 13.2 Å². The van der Waals surface area contributed by atoms with E-state index in [0.29, 0.717) is 31.0 Å². The van der Waals surface area contributed by atoms with Crippen LogP contribution in [0.4, 0.5) is 5.82 Å². The van der Waals surface area contributed by atoms with Crippen molar-refractivity contribution in [2.75, 3.05) is 51.3 Å². The maximum atomic E-state index is 12.5. The summed E-state index contributed by atoms with van der Waals surface area (Å²) in [6, 6.07) is 11.9. The number of hydrogen-bond donors (Lipinski definition) is 2. The second kappa shape index (κ2) is 10.7. The summed E-state index contributed by atoms with van der Waals surface area (Å²) < 4.78 is 24.1. The van der Waals surface area contributed by atoms with E-state index in [2.05, 4.69) is 44.8 Å². The summed E-state index contributed by atoms with van der Waals surface area (Å²) in [5.41, 5.74) is 3.37. The molecule has 2 N–H and O–H groups in total. The fraction of sp³-hybridized carbons (Fsp3) is 0.455. The molecule has 0 aliphatic carbocycles. The molecule has 0 radical (unpaired) electrons. The predicted molar refractivity (Wildman–Crippen MR) is 123 cm³/mol. The number of pyridine rings is 1. The van der Waals surface area contributed by atoms with Gasteiger partial charge in [-0.2, -0.15) is 0 Å². The van der Waals surface area contributed by atoms with E-state index in [4.69, 9.17) is 0 Å². The van der Waals surface area contributed by atoms with Gasteiger partial charge in [-0.3, -0.25) is 9.69 Å². The van der Waals surface area contributed by atoms with Crippen LogP contribution in [0, 0.1) is 0 Å². The van der Waals surface area contributed by atoms with Crippen molar-refractivity contribution in [3.8, 4) is 0 Å². The minimum Gasteiger partial charge on any atom is -0.369 e. The molecule has 1 amide bonds. The monoisotopic (exact) mass is 445 g/mol. The van der Waals surface area contributed by atoms with Crippen LogP contribution in [0.5, 0.6) is 0 Å². The summed E-state index contributed by atoms with van der Waals surface area (Å²) in [5, 5.41) is 6.03. The van der Waals surface area contributed by atoms with Gasteiger partial charge in [-0.05, 0) is 36.1 Å². The molecule has 3 rings (SSSR count). The molecule has 0 atom stereocenters. The maximum absolute atomic E-state index is 12.5. The van der Waals surface area contributed by atoms with Crippen LogP contribution in [0.1, 0.15) is 27.9 Å². The third-order valence-electron chi connectivity index (χ3n) is 5.47. The minimum atomic E-state index is -3.21. The van der Waals surface area contributed by atoms with Gasteiger partial charge in [0, 0.05) is 58.1 Å². The van der Waals surface area contributed by atoms with Crippen LogP contribution in [0.3, 0.4) is 0 Å². The molecule has 9 heteroatoms. The molecule has 0 fully saturated rings. The number of carbonyl (C=O) groups excluding carboxylic acids is 1. The van der Waals surface area contributed by atoms with E-state index < -0.39 is 10.0 Å². The van der Waals surface area contributed by atoms with Gasteiger partial charge < -0.3 is 10.6 Å². The Morgan fingerprint density at radius 1 is 1.19 bits per heavy atom. The number of fused-ring (bicyclic) bond motifs is 1. The van der Waals surface area contributed by atoms with Crippen molar-refractivity contribution >= 4 is 21.7 Å². The average Bonchev–Trinajstić information content (AvgIpc) is 2.76.